The molecule has 2 aromatic rings. The molecule has 0 saturated heterocycles. The third-order valence-electron chi connectivity index (χ3n) is 4.42. The number of hydrogen-bond acceptors (Lipinski definition) is 5. The van der Waals surface area contributed by atoms with Gasteiger partial charge in [0.1, 0.15) is 11.5 Å². The monoisotopic (exact) mass is 289 g/mol. The molecule has 7 heteroatoms. The molecular weight excluding hydrogens is 270 g/mol. The highest BCUT2D eigenvalue weighted by molar-refractivity contribution is 5.69. The van der Waals surface area contributed by atoms with Crippen LogP contribution in [0, 0.1) is 17.0 Å². The van der Waals surface area contributed by atoms with Crippen molar-refractivity contribution in [3.8, 4) is 0 Å². The lowest BCUT2D eigenvalue weighted by Gasteiger charge is -2.18. The van der Waals surface area contributed by atoms with Crippen molar-refractivity contribution in [1.82, 2.24) is 14.6 Å². The summed E-state index contributed by atoms with van der Waals surface area (Å²) in [6.07, 6.45) is 1.65. The van der Waals surface area contributed by atoms with Gasteiger partial charge in [0, 0.05) is 23.2 Å². The number of hydrogen-bond donors (Lipinski definition) is 1. The topological polar surface area (TPSA) is 85.4 Å². The first kappa shape index (κ1) is 13.8. The van der Waals surface area contributed by atoms with E-state index < -0.39 is 0 Å². The summed E-state index contributed by atoms with van der Waals surface area (Å²) >= 11 is 0. The number of nitro groups is 1. The van der Waals surface area contributed by atoms with Gasteiger partial charge in [0.25, 0.3) is 0 Å². The summed E-state index contributed by atoms with van der Waals surface area (Å²) in [5.41, 5.74) is 2.44. The molecule has 1 aliphatic rings. The Balaban J connectivity index is 2.41. The lowest BCUT2D eigenvalue weighted by atomic mass is 9.86. The molecule has 3 heterocycles. The van der Waals surface area contributed by atoms with Crippen LogP contribution in [0.25, 0.3) is 5.65 Å². The van der Waals surface area contributed by atoms with Crippen LogP contribution in [0.15, 0.2) is 0 Å². The Bertz CT molecular complexity index is 748. The Morgan fingerprint density at radius 3 is 2.81 bits per heavy atom. The summed E-state index contributed by atoms with van der Waals surface area (Å²) in [5, 5.41) is 19.4. The highest BCUT2D eigenvalue weighted by Crippen LogP contribution is 2.38. The molecule has 0 bridgehead atoms. The molecule has 0 saturated carbocycles. The molecule has 21 heavy (non-hydrogen) atoms. The van der Waals surface area contributed by atoms with E-state index in [0.29, 0.717) is 11.3 Å². The molecule has 0 fully saturated rings. The highest BCUT2D eigenvalue weighted by Gasteiger charge is 2.36. The number of aromatic nitrogens is 3. The van der Waals surface area contributed by atoms with Crippen LogP contribution < -0.4 is 5.32 Å². The van der Waals surface area contributed by atoms with Gasteiger partial charge >= 0.3 is 5.69 Å². The maximum absolute atomic E-state index is 11.6. The van der Waals surface area contributed by atoms with Gasteiger partial charge in [-0.25, -0.2) is 4.98 Å². The molecule has 0 spiro atoms. The van der Waals surface area contributed by atoms with Crippen molar-refractivity contribution in [1.29, 1.82) is 0 Å². The second kappa shape index (κ2) is 4.41. The zero-order valence-corrected chi connectivity index (χ0v) is 12.7. The van der Waals surface area contributed by atoms with E-state index in [4.69, 9.17) is 0 Å². The van der Waals surface area contributed by atoms with Crippen molar-refractivity contribution in [3.63, 3.8) is 0 Å². The van der Waals surface area contributed by atoms with E-state index in [2.05, 4.69) is 15.4 Å². The molecule has 0 aliphatic carbocycles. The first-order valence-electron chi connectivity index (χ1n) is 7.17. The lowest BCUT2D eigenvalue weighted by Crippen LogP contribution is -2.18. The maximum Gasteiger partial charge on any atom is 0.337 e. The van der Waals surface area contributed by atoms with Crippen molar-refractivity contribution >= 4 is 17.2 Å². The molecule has 2 aromatic heterocycles. The number of rotatable bonds is 3. The quantitative estimate of drug-likeness (QED) is 0.693. The van der Waals surface area contributed by atoms with Gasteiger partial charge in [0.2, 0.25) is 5.65 Å². The van der Waals surface area contributed by atoms with Crippen LogP contribution in [0.1, 0.15) is 44.1 Å². The average molecular weight is 289 g/mol. The molecule has 1 N–H and O–H groups in total. The van der Waals surface area contributed by atoms with Crippen LogP contribution in [0.2, 0.25) is 0 Å². The molecule has 1 aliphatic heterocycles. The summed E-state index contributed by atoms with van der Waals surface area (Å²) in [4.78, 5) is 15.7. The van der Waals surface area contributed by atoms with E-state index in [-0.39, 0.29) is 16.0 Å². The molecule has 112 valence electrons. The van der Waals surface area contributed by atoms with Crippen LogP contribution >= 0.6 is 0 Å². The Labute approximate surface area is 122 Å². The summed E-state index contributed by atoms with van der Waals surface area (Å²) in [5.74, 6) is 0.846. The third kappa shape index (κ3) is 1.87. The summed E-state index contributed by atoms with van der Waals surface area (Å²) in [6, 6.07) is 0. The molecular formula is C14H19N5O2. The standard InChI is InChI=1S/C14H19N5O2/c1-5-14(3,4)11-10(19(20)21)13-16-8(2)9-6-7-15-12(9)18(13)17-11/h15H,5-7H2,1-4H3. The lowest BCUT2D eigenvalue weighted by molar-refractivity contribution is -0.384. The maximum atomic E-state index is 11.6. The zero-order chi connectivity index (χ0) is 15.4. The molecule has 3 rings (SSSR count). The first-order valence-corrected chi connectivity index (χ1v) is 7.17. The smallest absolute Gasteiger partial charge is 0.337 e. The van der Waals surface area contributed by atoms with Crippen LogP contribution in [-0.4, -0.2) is 26.1 Å². The largest absolute Gasteiger partial charge is 0.369 e. The summed E-state index contributed by atoms with van der Waals surface area (Å²) in [7, 11) is 0. The fourth-order valence-electron chi connectivity index (χ4n) is 2.76. The second-order valence-electron chi connectivity index (χ2n) is 6.13. The van der Waals surface area contributed by atoms with Crippen molar-refractivity contribution in [2.45, 2.75) is 46.0 Å². The van der Waals surface area contributed by atoms with Crippen LogP contribution in [0.4, 0.5) is 11.5 Å². The van der Waals surface area contributed by atoms with Gasteiger partial charge in [-0.15, -0.1) is 0 Å². The van der Waals surface area contributed by atoms with E-state index in [9.17, 15) is 10.1 Å². The average Bonchev–Trinajstić information content (AvgIpc) is 3.02. The number of anilines is 1. The van der Waals surface area contributed by atoms with Crippen LogP contribution in [0.3, 0.4) is 0 Å². The van der Waals surface area contributed by atoms with Crippen molar-refractivity contribution in [2.24, 2.45) is 0 Å². The van der Waals surface area contributed by atoms with E-state index >= 15 is 0 Å². The number of aryl methyl sites for hydroxylation is 1. The fourth-order valence-corrected chi connectivity index (χ4v) is 2.76. The van der Waals surface area contributed by atoms with E-state index in [0.717, 1.165) is 36.5 Å². The summed E-state index contributed by atoms with van der Waals surface area (Å²) in [6.45, 7) is 8.67. The van der Waals surface area contributed by atoms with Crippen molar-refractivity contribution in [3.05, 3.63) is 27.1 Å². The zero-order valence-electron chi connectivity index (χ0n) is 12.7. The number of nitrogens with one attached hydrogen (secondary N) is 1. The molecule has 0 atom stereocenters. The molecule has 0 aromatic carbocycles. The minimum atomic E-state index is -0.366. The predicted molar refractivity (Wildman–Crippen MR) is 79.9 cm³/mol. The molecule has 0 radical (unpaired) electrons. The van der Waals surface area contributed by atoms with E-state index in [1.165, 1.54) is 0 Å². The first-order chi connectivity index (χ1) is 9.86. The van der Waals surface area contributed by atoms with Gasteiger partial charge < -0.3 is 5.32 Å². The Kier molecular flexibility index (Phi) is 2.89. The van der Waals surface area contributed by atoms with Gasteiger partial charge in [-0.1, -0.05) is 20.8 Å². The van der Waals surface area contributed by atoms with Crippen LogP contribution in [-0.2, 0) is 11.8 Å². The second-order valence-corrected chi connectivity index (χ2v) is 6.13. The van der Waals surface area contributed by atoms with Crippen molar-refractivity contribution in [2.75, 3.05) is 11.9 Å². The molecule has 7 nitrogen and oxygen atoms in total. The summed E-state index contributed by atoms with van der Waals surface area (Å²) < 4.78 is 1.61. The van der Waals surface area contributed by atoms with Gasteiger partial charge in [0.05, 0.1) is 4.92 Å². The molecule has 0 amide bonds. The molecule has 0 unspecified atom stereocenters. The van der Waals surface area contributed by atoms with Crippen molar-refractivity contribution < 1.29 is 4.92 Å². The highest BCUT2D eigenvalue weighted by atomic mass is 16.6. The minimum absolute atomic E-state index is 0.0291. The number of fused-ring (bicyclic) bond motifs is 3. The Hall–Kier alpha value is -2.18. The Morgan fingerprint density at radius 1 is 1.48 bits per heavy atom. The predicted octanol–water partition coefficient (Wildman–Crippen LogP) is 2.60. The number of nitrogens with zero attached hydrogens (tertiary/aromatic N) is 4. The van der Waals surface area contributed by atoms with Gasteiger partial charge in [-0.3, -0.25) is 10.1 Å². The third-order valence-corrected chi connectivity index (χ3v) is 4.42. The minimum Gasteiger partial charge on any atom is -0.369 e. The normalized spacial score (nSPS) is 14.3. The SMILES string of the molecule is CCC(C)(C)c1nn2c3c(c(C)nc2c1[N+](=O)[O-])CCN3. The fraction of sp³-hybridized carbons (Fsp3) is 0.571. The van der Waals surface area contributed by atoms with E-state index in [1.807, 2.05) is 27.7 Å². The Morgan fingerprint density at radius 2 is 2.19 bits per heavy atom. The van der Waals surface area contributed by atoms with Gasteiger partial charge in [-0.2, -0.15) is 9.61 Å². The van der Waals surface area contributed by atoms with Crippen LogP contribution in [0.5, 0.6) is 0 Å². The van der Waals surface area contributed by atoms with E-state index in [1.54, 1.807) is 4.52 Å². The van der Waals surface area contributed by atoms with Gasteiger partial charge in [0.15, 0.2) is 0 Å². The van der Waals surface area contributed by atoms with Gasteiger partial charge in [-0.05, 0) is 19.8 Å².